The van der Waals surface area contributed by atoms with Crippen molar-refractivity contribution in [2.24, 2.45) is 0 Å². The number of rotatable bonds is 6. The summed E-state index contributed by atoms with van der Waals surface area (Å²) in [7, 11) is -3.72. The standard InChI is InChI=1S/C19H21Cl2N3O3S2/c1-28-17-5-3-2-4-16(17)22-19(25)13-23-8-10-24(11-9-23)29(26,27)18-12-14(20)6-7-15(18)21/h2-7,12H,8-11,13H2,1H3,(H,22,25)/p+1. The molecule has 0 unspecified atom stereocenters. The van der Waals surface area contributed by atoms with Crippen LogP contribution >= 0.6 is 35.0 Å². The zero-order valence-electron chi connectivity index (χ0n) is 15.8. The van der Waals surface area contributed by atoms with E-state index in [9.17, 15) is 13.2 Å². The molecule has 0 bridgehead atoms. The topological polar surface area (TPSA) is 70.9 Å². The molecule has 1 aliphatic rings. The van der Waals surface area contributed by atoms with Gasteiger partial charge in [0.25, 0.3) is 5.91 Å². The number of thioether (sulfide) groups is 1. The SMILES string of the molecule is CSc1ccccc1NC(=O)C[NH+]1CCN(S(=O)(=O)c2cc(Cl)ccc2Cl)CC1. The van der Waals surface area contributed by atoms with Gasteiger partial charge in [-0.05, 0) is 36.6 Å². The normalized spacial score (nSPS) is 16.0. The molecule has 2 aromatic rings. The van der Waals surface area contributed by atoms with Crippen LogP contribution in [-0.4, -0.2) is 57.6 Å². The molecule has 0 spiro atoms. The van der Waals surface area contributed by atoms with Crippen LogP contribution in [0.4, 0.5) is 5.69 Å². The maximum absolute atomic E-state index is 12.9. The highest BCUT2D eigenvalue weighted by atomic mass is 35.5. The summed E-state index contributed by atoms with van der Waals surface area (Å²) in [6.45, 7) is 1.99. The van der Waals surface area contributed by atoms with Crippen LogP contribution in [0.25, 0.3) is 0 Å². The lowest BCUT2D eigenvalue weighted by Gasteiger charge is -2.31. The van der Waals surface area contributed by atoms with Crippen molar-refractivity contribution in [3.8, 4) is 0 Å². The van der Waals surface area contributed by atoms with E-state index in [2.05, 4.69) is 5.32 Å². The summed E-state index contributed by atoms with van der Waals surface area (Å²) in [4.78, 5) is 14.5. The Morgan fingerprint density at radius 3 is 2.55 bits per heavy atom. The predicted molar refractivity (Wildman–Crippen MR) is 118 cm³/mol. The number of benzene rings is 2. The van der Waals surface area contributed by atoms with E-state index in [1.54, 1.807) is 17.8 Å². The van der Waals surface area contributed by atoms with Crippen molar-refractivity contribution in [1.29, 1.82) is 0 Å². The molecule has 10 heteroatoms. The largest absolute Gasteiger partial charge is 0.325 e. The monoisotopic (exact) mass is 474 g/mol. The fourth-order valence-corrected chi connectivity index (χ4v) is 5.94. The van der Waals surface area contributed by atoms with Crippen LogP contribution in [0.3, 0.4) is 0 Å². The number of carbonyl (C=O) groups excluding carboxylic acids is 1. The summed E-state index contributed by atoms with van der Waals surface area (Å²) in [5.41, 5.74) is 0.793. The fourth-order valence-electron chi connectivity index (χ4n) is 3.20. The minimum atomic E-state index is -3.72. The summed E-state index contributed by atoms with van der Waals surface area (Å²) in [5.74, 6) is -0.0873. The molecule has 6 nitrogen and oxygen atoms in total. The zero-order valence-corrected chi connectivity index (χ0v) is 19.0. The molecule has 1 aliphatic heterocycles. The number of para-hydroxylation sites is 1. The number of quaternary nitrogens is 1. The van der Waals surface area contributed by atoms with Gasteiger partial charge in [0.05, 0.1) is 36.9 Å². The number of nitrogens with zero attached hydrogens (tertiary/aromatic N) is 1. The smallest absolute Gasteiger partial charge is 0.279 e. The van der Waals surface area contributed by atoms with E-state index in [-0.39, 0.29) is 22.4 Å². The van der Waals surface area contributed by atoms with E-state index < -0.39 is 10.0 Å². The number of amides is 1. The predicted octanol–water partition coefficient (Wildman–Crippen LogP) is 2.24. The van der Waals surface area contributed by atoms with Crippen LogP contribution < -0.4 is 10.2 Å². The van der Waals surface area contributed by atoms with Crippen LogP contribution in [0.2, 0.25) is 10.0 Å². The van der Waals surface area contributed by atoms with Gasteiger partial charge in [0.15, 0.2) is 6.54 Å². The molecule has 2 aromatic carbocycles. The molecule has 29 heavy (non-hydrogen) atoms. The molecule has 2 N–H and O–H groups in total. The van der Waals surface area contributed by atoms with Crippen LogP contribution in [0.15, 0.2) is 52.3 Å². The van der Waals surface area contributed by atoms with Crippen LogP contribution in [0, 0.1) is 0 Å². The lowest BCUT2D eigenvalue weighted by molar-refractivity contribution is -0.895. The Labute approximate surface area is 185 Å². The third kappa shape index (κ3) is 5.45. The second-order valence-corrected chi connectivity index (χ2v) is 10.3. The number of hydrogen-bond donors (Lipinski definition) is 2. The van der Waals surface area contributed by atoms with Gasteiger partial charge in [0, 0.05) is 9.92 Å². The Bertz CT molecular complexity index is 994. The lowest BCUT2D eigenvalue weighted by atomic mass is 10.3. The zero-order chi connectivity index (χ0) is 21.0. The van der Waals surface area contributed by atoms with E-state index in [0.29, 0.717) is 31.2 Å². The highest BCUT2D eigenvalue weighted by Gasteiger charge is 2.32. The molecule has 0 aromatic heterocycles. The van der Waals surface area contributed by atoms with Gasteiger partial charge >= 0.3 is 0 Å². The number of sulfonamides is 1. The van der Waals surface area contributed by atoms with Gasteiger partial charge in [-0.25, -0.2) is 8.42 Å². The minimum Gasteiger partial charge on any atom is -0.325 e. The highest BCUT2D eigenvalue weighted by molar-refractivity contribution is 7.98. The molecule has 156 valence electrons. The van der Waals surface area contributed by atoms with Gasteiger partial charge < -0.3 is 10.2 Å². The first-order chi connectivity index (χ1) is 13.8. The number of hydrogen-bond acceptors (Lipinski definition) is 4. The summed E-state index contributed by atoms with van der Waals surface area (Å²) in [6, 6.07) is 12.0. The minimum absolute atomic E-state index is 0.0153. The first-order valence-corrected chi connectivity index (χ1v) is 12.4. The van der Waals surface area contributed by atoms with Crippen molar-refractivity contribution in [3.63, 3.8) is 0 Å². The maximum atomic E-state index is 12.9. The Kier molecular flexibility index (Phi) is 7.47. The van der Waals surface area contributed by atoms with Crippen molar-refractivity contribution in [2.75, 3.05) is 44.3 Å². The quantitative estimate of drug-likeness (QED) is 0.629. The van der Waals surface area contributed by atoms with Gasteiger partial charge in [-0.1, -0.05) is 35.3 Å². The molecule has 0 radical (unpaired) electrons. The molecule has 0 aliphatic carbocycles. The van der Waals surface area contributed by atoms with Gasteiger partial charge in [-0.3, -0.25) is 4.79 Å². The molecule has 3 rings (SSSR count). The van der Waals surface area contributed by atoms with Crippen molar-refractivity contribution in [2.45, 2.75) is 9.79 Å². The van der Waals surface area contributed by atoms with E-state index >= 15 is 0 Å². The maximum Gasteiger partial charge on any atom is 0.279 e. The van der Waals surface area contributed by atoms with E-state index in [4.69, 9.17) is 23.2 Å². The first kappa shape index (κ1) is 22.4. The van der Waals surface area contributed by atoms with Crippen molar-refractivity contribution in [1.82, 2.24) is 4.31 Å². The molecule has 1 fully saturated rings. The van der Waals surface area contributed by atoms with Gasteiger partial charge in [0.1, 0.15) is 4.90 Å². The molecule has 1 amide bonds. The molecular formula is C19H22Cl2N3O3S2+. The van der Waals surface area contributed by atoms with Crippen LogP contribution in [-0.2, 0) is 14.8 Å². The van der Waals surface area contributed by atoms with Crippen LogP contribution in [0.1, 0.15) is 0 Å². The van der Waals surface area contributed by atoms with E-state index in [1.807, 2.05) is 30.5 Å². The summed E-state index contributed by atoms with van der Waals surface area (Å²) < 4.78 is 27.2. The van der Waals surface area contributed by atoms with Crippen LogP contribution in [0.5, 0.6) is 0 Å². The second kappa shape index (κ2) is 9.68. The lowest BCUT2D eigenvalue weighted by Crippen LogP contribution is -3.15. The molecule has 0 saturated carbocycles. The molecular weight excluding hydrogens is 453 g/mol. The van der Waals surface area contributed by atoms with Gasteiger partial charge in [0.2, 0.25) is 10.0 Å². The first-order valence-electron chi connectivity index (χ1n) is 9.03. The van der Waals surface area contributed by atoms with E-state index in [1.165, 1.54) is 16.4 Å². The third-order valence-corrected chi connectivity index (χ3v) is 8.14. The highest BCUT2D eigenvalue weighted by Crippen LogP contribution is 2.27. The molecule has 1 saturated heterocycles. The average Bonchev–Trinajstić information content (AvgIpc) is 2.70. The number of halogens is 2. The van der Waals surface area contributed by atoms with Crippen molar-refractivity contribution < 1.29 is 18.1 Å². The van der Waals surface area contributed by atoms with Gasteiger partial charge in [-0.15, -0.1) is 11.8 Å². The summed E-state index contributed by atoms with van der Waals surface area (Å²) >= 11 is 13.6. The van der Waals surface area contributed by atoms with E-state index in [0.717, 1.165) is 15.5 Å². The summed E-state index contributed by atoms with van der Waals surface area (Å²) in [5, 5.41) is 3.41. The van der Waals surface area contributed by atoms with Crippen molar-refractivity contribution >= 4 is 56.6 Å². The van der Waals surface area contributed by atoms with Gasteiger partial charge in [-0.2, -0.15) is 4.31 Å². The number of anilines is 1. The third-order valence-electron chi connectivity index (χ3n) is 4.73. The Hall–Kier alpha value is -1.29. The Morgan fingerprint density at radius 2 is 1.86 bits per heavy atom. The molecule has 1 heterocycles. The fraction of sp³-hybridized carbons (Fsp3) is 0.316. The summed E-state index contributed by atoms with van der Waals surface area (Å²) in [6.07, 6.45) is 1.96. The Balaban J connectivity index is 1.59. The second-order valence-electron chi connectivity index (χ2n) is 6.65. The Morgan fingerprint density at radius 1 is 1.17 bits per heavy atom. The number of piperazine rings is 1. The van der Waals surface area contributed by atoms with Crippen molar-refractivity contribution in [3.05, 3.63) is 52.5 Å². The number of carbonyl (C=O) groups is 1. The average molecular weight is 475 g/mol. The molecule has 0 atom stereocenters. The number of nitrogens with one attached hydrogen (secondary N) is 2.